The summed E-state index contributed by atoms with van der Waals surface area (Å²) in [6, 6.07) is 7.59. The minimum Gasteiger partial charge on any atom is -0.355 e. The van der Waals surface area contributed by atoms with Crippen molar-refractivity contribution < 1.29 is 9.59 Å². The van der Waals surface area contributed by atoms with Crippen molar-refractivity contribution in [2.24, 2.45) is 5.92 Å². The molecule has 0 saturated carbocycles. The van der Waals surface area contributed by atoms with Crippen LogP contribution in [-0.4, -0.2) is 18.4 Å². The molecule has 0 aromatic heterocycles. The lowest BCUT2D eigenvalue weighted by molar-refractivity contribution is -0.123. The molecule has 1 aromatic rings. The number of nitrogens with one attached hydrogen (secondary N) is 2. The van der Waals surface area contributed by atoms with Crippen LogP contribution in [0.15, 0.2) is 24.3 Å². The summed E-state index contributed by atoms with van der Waals surface area (Å²) in [6.45, 7) is 2.38. The van der Waals surface area contributed by atoms with Gasteiger partial charge in [0.1, 0.15) is 0 Å². The molecule has 0 aliphatic carbocycles. The van der Waals surface area contributed by atoms with Gasteiger partial charge in [-0.25, -0.2) is 0 Å². The van der Waals surface area contributed by atoms with E-state index in [2.05, 4.69) is 10.6 Å². The standard InChI is InChI=1S/C12H14N2O2/c1-8-4-2-3-5-10(8)14-12(16)9-6-11(15)13-7-9/h2-5,9H,6-7H2,1H3,(H,13,15)(H,14,16). The molecule has 84 valence electrons. The van der Waals surface area contributed by atoms with Crippen LogP contribution in [0.2, 0.25) is 0 Å². The summed E-state index contributed by atoms with van der Waals surface area (Å²) < 4.78 is 0. The zero-order valence-corrected chi connectivity index (χ0v) is 9.12. The molecule has 1 aliphatic rings. The minimum atomic E-state index is -0.243. The third-order valence-electron chi connectivity index (χ3n) is 2.75. The van der Waals surface area contributed by atoms with Gasteiger partial charge in [0.15, 0.2) is 0 Å². The first kappa shape index (κ1) is 10.7. The van der Waals surface area contributed by atoms with Gasteiger partial charge in [-0.2, -0.15) is 0 Å². The molecule has 2 amide bonds. The highest BCUT2D eigenvalue weighted by atomic mass is 16.2. The van der Waals surface area contributed by atoms with E-state index in [1.54, 1.807) is 0 Å². The van der Waals surface area contributed by atoms with Crippen LogP contribution in [0.3, 0.4) is 0 Å². The van der Waals surface area contributed by atoms with Crippen LogP contribution in [0, 0.1) is 12.8 Å². The minimum absolute atomic E-state index is 0.0510. The van der Waals surface area contributed by atoms with E-state index in [1.807, 2.05) is 31.2 Å². The molecular formula is C12H14N2O2. The van der Waals surface area contributed by atoms with Crippen molar-refractivity contribution in [1.29, 1.82) is 0 Å². The van der Waals surface area contributed by atoms with E-state index in [-0.39, 0.29) is 24.2 Å². The second-order valence-corrected chi connectivity index (χ2v) is 4.01. The van der Waals surface area contributed by atoms with Crippen LogP contribution in [0.25, 0.3) is 0 Å². The Hall–Kier alpha value is -1.84. The third kappa shape index (κ3) is 2.21. The van der Waals surface area contributed by atoms with E-state index in [9.17, 15) is 9.59 Å². The summed E-state index contributed by atoms with van der Waals surface area (Å²) in [6.07, 6.45) is 0.289. The fraction of sp³-hybridized carbons (Fsp3) is 0.333. The Balaban J connectivity index is 2.03. The highest BCUT2D eigenvalue weighted by Crippen LogP contribution is 2.16. The van der Waals surface area contributed by atoms with E-state index in [0.29, 0.717) is 6.54 Å². The fourth-order valence-corrected chi connectivity index (χ4v) is 1.74. The van der Waals surface area contributed by atoms with Gasteiger partial charge >= 0.3 is 0 Å². The Kier molecular flexibility index (Phi) is 2.90. The average molecular weight is 218 g/mol. The molecule has 1 heterocycles. The fourth-order valence-electron chi connectivity index (χ4n) is 1.74. The van der Waals surface area contributed by atoms with Crippen LogP contribution in [0.4, 0.5) is 5.69 Å². The number of hydrogen-bond acceptors (Lipinski definition) is 2. The number of aryl methyl sites for hydroxylation is 1. The number of amides is 2. The highest BCUT2D eigenvalue weighted by Gasteiger charge is 2.27. The van der Waals surface area contributed by atoms with Crippen molar-refractivity contribution in [2.45, 2.75) is 13.3 Å². The van der Waals surface area contributed by atoms with E-state index in [0.717, 1.165) is 11.3 Å². The maximum atomic E-state index is 11.8. The maximum Gasteiger partial charge on any atom is 0.229 e. The van der Waals surface area contributed by atoms with Crippen molar-refractivity contribution in [2.75, 3.05) is 11.9 Å². The van der Waals surface area contributed by atoms with Crippen LogP contribution < -0.4 is 10.6 Å². The van der Waals surface area contributed by atoms with Crippen molar-refractivity contribution in [3.8, 4) is 0 Å². The largest absolute Gasteiger partial charge is 0.355 e. The Morgan fingerprint density at radius 3 is 2.81 bits per heavy atom. The highest BCUT2D eigenvalue weighted by molar-refractivity contribution is 5.97. The molecule has 0 bridgehead atoms. The molecule has 0 spiro atoms. The lowest BCUT2D eigenvalue weighted by Crippen LogP contribution is -2.24. The molecular weight excluding hydrogens is 204 g/mol. The Bertz CT molecular complexity index is 429. The topological polar surface area (TPSA) is 58.2 Å². The number of rotatable bonds is 2. The number of hydrogen-bond donors (Lipinski definition) is 2. The van der Waals surface area contributed by atoms with Crippen molar-refractivity contribution >= 4 is 17.5 Å². The summed E-state index contributed by atoms with van der Waals surface area (Å²) in [5, 5.41) is 5.49. The number of benzene rings is 1. The van der Waals surface area contributed by atoms with Crippen molar-refractivity contribution in [3.63, 3.8) is 0 Å². The molecule has 1 fully saturated rings. The zero-order chi connectivity index (χ0) is 11.5. The van der Waals surface area contributed by atoms with Gasteiger partial charge in [0.2, 0.25) is 11.8 Å². The summed E-state index contributed by atoms with van der Waals surface area (Å²) >= 11 is 0. The van der Waals surface area contributed by atoms with Crippen molar-refractivity contribution in [1.82, 2.24) is 5.32 Å². The van der Waals surface area contributed by atoms with Crippen molar-refractivity contribution in [3.05, 3.63) is 29.8 Å². The Morgan fingerprint density at radius 1 is 1.44 bits per heavy atom. The first-order valence-corrected chi connectivity index (χ1v) is 5.30. The number of anilines is 1. The van der Waals surface area contributed by atoms with E-state index >= 15 is 0 Å². The van der Waals surface area contributed by atoms with Gasteiger partial charge in [-0.3, -0.25) is 9.59 Å². The molecule has 1 saturated heterocycles. The van der Waals surface area contributed by atoms with E-state index in [1.165, 1.54) is 0 Å². The predicted octanol–water partition coefficient (Wildman–Crippen LogP) is 1.07. The Morgan fingerprint density at radius 2 is 2.19 bits per heavy atom. The lowest BCUT2D eigenvalue weighted by atomic mass is 10.1. The number of para-hydroxylation sites is 1. The van der Waals surface area contributed by atoms with Gasteiger partial charge in [-0.15, -0.1) is 0 Å². The molecule has 4 heteroatoms. The summed E-state index contributed by atoms with van der Waals surface area (Å²) in [4.78, 5) is 22.8. The van der Waals surface area contributed by atoms with Gasteiger partial charge in [-0.05, 0) is 18.6 Å². The molecule has 2 N–H and O–H groups in total. The van der Waals surface area contributed by atoms with Crippen LogP contribution in [0.1, 0.15) is 12.0 Å². The molecule has 0 radical (unpaired) electrons. The monoisotopic (exact) mass is 218 g/mol. The first-order chi connectivity index (χ1) is 7.66. The summed E-state index contributed by atoms with van der Waals surface area (Å²) in [5.74, 6) is -0.385. The zero-order valence-electron chi connectivity index (χ0n) is 9.12. The van der Waals surface area contributed by atoms with Gasteiger partial charge in [0.05, 0.1) is 5.92 Å². The predicted molar refractivity (Wildman–Crippen MR) is 60.9 cm³/mol. The number of carbonyl (C=O) groups excluding carboxylic acids is 2. The van der Waals surface area contributed by atoms with Gasteiger partial charge in [0.25, 0.3) is 0 Å². The quantitative estimate of drug-likeness (QED) is 0.780. The van der Waals surface area contributed by atoms with Gasteiger partial charge < -0.3 is 10.6 Å². The molecule has 1 aromatic carbocycles. The summed E-state index contributed by atoms with van der Waals surface area (Å²) in [7, 11) is 0. The molecule has 2 rings (SSSR count). The molecule has 1 aliphatic heterocycles. The average Bonchev–Trinajstić information content (AvgIpc) is 2.68. The maximum absolute atomic E-state index is 11.8. The summed E-state index contributed by atoms with van der Waals surface area (Å²) in [5.41, 5.74) is 1.83. The third-order valence-corrected chi connectivity index (χ3v) is 2.75. The number of carbonyl (C=O) groups is 2. The van der Waals surface area contributed by atoms with Crippen LogP contribution in [-0.2, 0) is 9.59 Å². The smallest absolute Gasteiger partial charge is 0.229 e. The molecule has 1 atom stereocenters. The van der Waals surface area contributed by atoms with E-state index < -0.39 is 0 Å². The molecule has 1 unspecified atom stereocenters. The van der Waals surface area contributed by atoms with Gasteiger partial charge in [-0.1, -0.05) is 18.2 Å². The lowest BCUT2D eigenvalue weighted by Gasteiger charge is -2.10. The van der Waals surface area contributed by atoms with Crippen LogP contribution >= 0.6 is 0 Å². The molecule has 4 nitrogen and oxygen atoms in total. The van der Waals surface area contributed by atoms with Gasteiger partial charge in [0, 0.05) is 18.7 Å². The first-order valence-electron chi connectivity index (χ1n) is 5.30. The van der Waals surface area contributed by atoms with Crippen LogP contribution in [0.5, 0.6) is 0 Å². The second kappa shape index (κ2) is 4.35. The molecule has 16 heavy (non-hydrogen) atoms. The SMILES string of the molecule is Cc1ccccc1NC(=O)C1CNC(=O)C1. The normalized spacial score (nSPS) is 19.3. The van der Waals surface area contributed by atoms with E-state index in [4.69, 9.17) is 0 Å². The second-order valence-electron chi connectivity index (χ2n) is 4.01. The Labute approximate surface area is 94.0 Å².